The third kappa shape index (κ3) is 5.72. The molecule has 9 nitrogen and oxygen atoms in total. The SMILES string of the molecule is CCOc1cc(C(=O)N2CCCC(Oc3ccnc(OC)n3)C2)cc(OCC)c1OCC. The average molecular weight is 446 g/mol. The van der Waals surface area contributed by atoms with Crippen molar-refractivity contribution in [1.29, 1.82) is 0 Å². The van der Waals surface area contributed by atoms with Crippen molar-refractivity contribution in [2.45, 2.75) is 39.7 Å². The Balaban J connectivity index is 1.79. The lowest BCUT2D eigenvalue weighted by atomic mass is 10.1. The predicted octanol–water partition coefficient (Wildman–Crippen LogP) is 3.36. The number of rotatable bonds is 10. The molecule has 3 rings (SSSR count). The molecule has 32 heavy (non-hydrogen) atoms. The van der Waals surface area contributed by atoms with Crippen LogP contribution in [-0.2, 0) is 0 Å². The molecular weight excluding hydrogens is 414 g/mol. The van der Waals surface area contributed by atoms with Crippen LogP contribution in [0, 0.1) is 0 Å². The van der Waals surface area contributed by atoms with Crippen molar-refractivity contribution in [3.63, 3.8) is 0 Å². The number of nitrogens with zero attached hydrogens (tertiary/aromatic N) is 3. The van der Waals surface area contributed by atoms with Crippen LogP contribution in [0.15, 0.2) is 24.4 Å². The second-order valence-corrected chi connectivity index (χ2v) is 7.12. The van der Waals surface area contributed by atoms with Crippen LogP contribution >= 0.6 is 0 Å². The van der Waals surface area contributed by atoms with E-state index in [9.17, 15) is 4.79 Å². The number of hydrogen-bond acceptors (Lipinski definition) is 8. The number of hydrogen-bond donors (Lipinski definition) is 0. The highest BCUT2D eigenvalue weighted by Crippen LogP contribution is 2.39. The Morgan fingerprint density at radius 2 is 1.78 bits per heavy atom. The van der Waals surface area contributed by atoms with Crippen LogP contribution in [0.1, 0.15) is 44.0 Å². The highest BCUT2D eigenvalue weighted by atomic mass is 16.5. The van der Waals surface area contributed by atoms with E-state index in [2.05, 4.69) is 9.97 Å². The number of carbonyl (C=O) groups excluding carboxylic acids is 1. The lowest BCUT2D eigenvalue weighted by Gasteiger charge is -2.33. The molecule has 1 unspecified atom stereocenters. The molecule has 2 aromatic rings. The van der Waals surface area contributed by atoms with Crippen LogP contribution in [0.5, 0.6) is 29.1 Å². The second-order valence-electron chi connectivity index (χ2n) is 7.12. The van der Waals surface area contributed by atoms with Crippen molar-refractivity contribution in [2.75, 3.05) is 40.0 Å². The zero-order chi connectivity index (χ0) is 22.9. The van der Waals surface area contributed by atoms with Gasteiger partial charge in [0.15, 0.2) is 11.5 Å². The number of likely N-dealkylation sites (tertiary alicyclic amines) is 1. The summed E-state index contributed by atoms with van der Waals surface area (Å²) in [7, 11) is 1.50. The van der Waals surface area contributed by atoms with Crippen LogP contribution < -0.4 is 23.7 Å². The third-order valence-electron chi connectivity index (χ3n) is 4.90. The normalized spacial score (nSPS) is 15.8. The van der Waals surface area contributed by atoms with E-state index in [-0.39, 0.29) is 18.0 Å². The number of ether oxygens (including phenoxy) is 5. The van der Waals surface area contributed by atoms with E-state index in [1.165, 1.54) is 7.11 Å². The lowest BCUT2D eigenvalue weighted by Crippen LogP contribution is -2.44. The van der Waals surface area contributed by atoms with Gasteiger partial charge in [-0.05, 0) is 45.7 Å². The van der Waals surface area contributed by atoms with Crippen LogP contribution in [0.25, 0.3) is 0 Å². The maximum atomic E-state index is 13.4. The molecule has 1 aliphatic rings. The highest BCUT2D eigenvalue weighted by Gasteiger charge is 2.28. The van der Waals surface area contributed by atoms with Crippen molar-refractivity contribution in [3.05, 3.63) is 30.0 Å². The first-order valence-electron chi connectivity index (χ1n) is 11.0. The summed E-state index contributed by atoms with van der Waals surface area (Å²) >= 11 is 0. The number of benzene rings is 1. The molecule has 1 aliphatic heterocycles. The van der Waals surface area contributed by atoms with E-state index in [0.717, 1.165) is 12.8 Å². The fourth-order valence-corrected chi connectivity index (χ4v) is 3.57. The molecule has 0 N–H and O–H groups in total. The number of amides is 1. The number of carbonyl (C=O) groups is 1. The summed E-state index contributed by atoms with van der Waals surface area (Å²) in [6, 6.07) is 5.36. The molecule has 1 amide bonds. The van der Waals surface area contributed by atoms with E-state index in [1.54, 1.807) is 29.3 Å². The van der Waals surface area contributed by atoms with Crippen molar-refractivity contribution in [1.82, 2.24) is 14.9 Å². The summed E-state index contributed by atoms with van der Waals surface area (Å²) in [5.41, 5.74) is 0.490. The van der Waals surface area contributed by atoms with Gasteiger partial charge >= 0.3 is 6.01 Å². The molecular formula is C23H31N3O6. The Morgan fingerprint density at radius 3 is 2.41 bits per heavy atom. The zero-order valence-electron chi connectivity index (χ0n) is 19.1. The zero-order valence-corrected chi connectivity index (χ0v) is 19.1. The molecule has 0 spiro atoms. The maximum Gasteiger partial charge on any atom is 0.319 e. The fourth-order valence-electron chi connectivity index (χ4n) is 3.57. The molecule has 0 bridgehead atoms. The summed E-state index contributed by atoms with van der Waals surface area (Å²) in [5.74, 6) is 1.84. The standard InChI is InChI=1S/C23H31N3O6/c1-5-29-18-13-16(14-19(30-6-2)21(18)31-7-3)22(27)26-12-8-9-17(15-26)32-20-10-11-24-23(25-20)28-4/h10-11,13-14,17H,5-9,12,15H2,1-4H3. The number of methoxy groups -OCH3 is 1. The molecule has 1 fully saturated rings. The van der Waals surface area contributed by atoms with Crippen LogP contribution in [0.4, 0.5) is 0 Å². The fraction of sp³-hybridized carbons (Fsp3) is 0.522. The van der Waals surface area contributed by atoms with Crippen LogP contribution in [-0.4, -0.2) is 66.9 Å². The van der Waals surface area contributed by atoms with Gasteiger partial charge in [0.1, 0.15) is 6.10 Å². The molecule has 1 saturated heterocycles. The van der Waals surface area contributed by atoms with Gasteiger partial charge in [0.05, 0.1) is 33.5 Å². The first-order valence-corrected chi connectivity index (χ1v) is 11.0. The Morgan fingerprint density at radius 1 is 1.09 bits per heavy atom. The maximum absolute atomic E-state index is 13.4. The minimum Gasteiger partial charge on any atom is -0.490 e. The first kappa shape index (κ1) is 23.4. The van der Waals surface area contributed by atoms with Gasteiger partial charge in [-0.15, -0.1) is 0 Å². The predicted molar refractivity (Wildman–Crippen MR) is 118 cm³/mol. The van der Waals surface area contributed by atoms with E-state index in [0.29, 0.717) is 61.6 Å². The van der Waals surface area contributed by atoms with Crippen molar-refractivity contribution in [2.24, 2.45) is 0 Å². The topological polar surface area (TPSA) is 92.2 Å². The third-order valence-corrected chi connectivity index (χ3v) is 4.90. The largest absolute Gasteiger partial charge is 0.490 e. The molecule has 1 aromatic heterocycles. The van der Waals surface area contributed by atoms with Gasteiger partial charge in [0.2, 0.25) is 11.6 Å². The minimum absolute atomic E-state index is 0.108. The minimum atomic E-state index is -0.173. The van der Waals surface area contributed by atoms with Gasteiger partial charge < -0.3 is 28.6 Å². The molecule has 174 valence electrons. The molecule has 0 radical (unpaired) electrons. The first-order chi connectivity index (χ1) is 15.6. The Labute approximate surface area is 188 Å². The van der Waals surface area contributed by atoms with Crippen molar-refractivity contribution >= 4 is 5.91 Å². The molecule has 9 heteroatoms. The van der Waals surface area contributed by atoms with E-state index < -0.39 is 0 Å². The Hall–Kier alpha value is -3.23. The summed E-state index contributed by atoms with van der Waals surface area (Å²) < 4.78 is 28.3. The Bertz CT molecular complexity index is 880. The Kier molecular flexibility index (Phi) is 8.35. The van der Waals surface area contributed by atoms with Gasteiger partial charge in [0, 0.05) is 24.4 Å². The molecule has 2 heterocycles. The van der Waals surface area contributed by atoms with E-state index in [4.69, 9.17) is 23.7 Å². The summed E-state index contributed by atoms with van der Waals surface area (Å²) in [4.78, 5) is 23.3. The summed E-state index contributed by atoms with van der Waals surface area (Å²) in [6.45, 7) is 8.13. The van der Waals surface area contributed by atoms with E-state index >= 15 is 0 Å². The smallest absolute Gasteiger partial charge is 0.319 e. The van der Waals surface area contributed by atoms with Crippen LogP contribution in [0.2, 0.25) is 0 Å². The molecule has 1 atom stereocenters. The molecule has 0 saturated carbocycles. The molecule has 1 aromatic carbocycles. The average Bonchev–Trinajstić information content (AvgIpc) is 2.81. The van der Waals surface area contributed by atoms with Gasteiger partial charge in [-0.3, -0.25) is 4.79 Å². The molecule has 0 aliphatic carbocycles. The van der Waals surface area contributed by atoms with E-state index in [1.807, 2.05) is 20.8 Å². The summed E-state index contributed by atoms with van der Waals surface area (Å²) in [6.07, 6.45) is 3.06. The van der Waals surface area contributed by atoms with Gasteiger partial charge in [-0.1, -0.05) is 0 Å². The van der Waals surface area contributed by atoms with Gasteiger partial charge in [-0.2, -0.15) is 4.98 Å². The number of piperidine rings is 1. The summed E-state index contributed by atoms with van der Waals surface area (Å²) in [5, 5.41) is 0. The van der Waals surface area contributed by atoms with Crippen LogP contribution in [0.3, 0.4) is 0 Å². The highest BCUT2D eigenvalue weighted by molar-refractivity contribution is 5.95. The van der Waals surface area contributed by atoms with Crippen molar-refractivity contribution < 1.29 is 28.5 Å². The monoisotopic (exact) mass is 445 g/mol. The van der Waals surface area contributed by atoms with Gasteiger partial charge in [-0.25, -0.2) is 4.98 Å². The lowest BCUT2D eigenvalue weighted by molar-refractivity contribution is 0.0525. The second kappa shape index (κ2) is 11.4. The van der Waals surface area contributed by atoms with Gasteiger partial charge in [0.25, 0.3) is 5.91 Å². The van der Waals surface area contributed by atoms with Crippen molar-refractivity contribution in [3.8, 4) is 29.1 Å². The quantitative estimate of drug-likeness (QED) is 0.550. The number of aromatic nitrogens is 2.